The average molecular weight is 229 g/mol. The molecule has 0 saturated carbocycles. The molecular formula is C9H15N3O2S. The second kappa shape index (κ2) is 5.79. The minimum Gasteiger partial charge on any atom is -0.480 e. The van der Waals surface area contributed by atoms with Crippen LogP contribution in [0.1, 0.15) is 11.0 Å². The van der Waals surface area contributed by atoms with Gasteiger partial charge in [0.15, 0.2) is 6.04 Å². The first-order valence-corrected chi connectivity index (χ1v) is 5.49. The van der Waals surface area contributed by atoms with E-state index < -0.39 is 12.0 Å². The van der Waals surface area contributed by atoms with Crippen LogP contribution in [0, 0.1) is 0 Å². The molecule has 0 saturated heterocycles. The second-order valence-electron chi connectivity index (χ2n) is 3.40. The van der Waals surface area contributed by atoms with Crippen LogP contribution in [0.15, 0.2) is 11.6 Å². The van der Waals surface area contributed by atoms with Gasteiger partial charge in [-0.1, -0.05) is 0 Å². The summed E-state index contributed by atoms with van der Waals surface area (Å²) in [5, 5.41) is 14.3. The van der Waals surface area contributed by atoms with Crippen LogP contribution >= 0.6 is 11.3 Å². The zero-order chi connectivity index (χ0) is 11.3. The first kappa shape index (κ1) is 12.1. The maximum atomic E-state index is 11.0. The van der Waals surface area contributed by atoms with E-state index in [0.717, 1.165) is 6.54 Å². The van der Waals surface area contributed by atoms with E-state index in [4.69, 9.17) is 5.11 Å². The van der Waals surface area contributed by atoms with Crippen LogP contribution in [0.4, 0.5) is 0 Å². The summed E-state index contributed by atoms with van der Waals surface area (Å²) in [7, 11) is 3.89. The minimum atomic E-state index is -0.885. The van der Waals surface area contributed by atoms with Gasteiger partial charge in [-0.2, -0.15) is 0 Å². The van der Waals surface area contributed by atoms with Crippen molar-refractivity contribution < 1.29 is 9.90 Å². The number of aliphatic carboxylic acids is 1. The van der Waals surface area contributed by atoms with Crippen molar-refractivity contribution in [3.05, 3.63) is 16.6 Å². The Labute approximate surface area is 92.7 Å². The quantitative estimate of drug-likeness (QED) is 0.740. The Morgan fingerprint density at radius 1 is 1.73 bits per heavy atom. The normalized spacial score (nSPS) is 13.0. The van der Waals surface area contributed by atoms with E-state index in [0.29, 0.717) is 11.6 Å². The van der Waals surface area contributed by atoms with Crippen molar-refractivity contribution >= 4 is 17.3 Å². The van der Waals surface area contributed by atoms with Gasteiger partial charge >= 0.3 is 5.97 Å². The van der Waals surface area contributed by atoms with Gasteiger partial charge in [0.2, 0.25) is 0 Å². The SMILES string of the molecule is CN(C)CCNC(C(=O)O)c1nccs1. The molecule has 1 aromatic heterocycles. The maximum absolute atomic E-state index is 11.0. The van der Waals surface area contributed by atoms with E-state index >= 15 is 0 Å². The molecule has 1 atom stereocenters. The Balaban J connectivity index is 2.49. The highest BCUT2D eigenvalue weighted by atomic mass is 32.1. The Bertz CT molecular complexity index is 300. The lowest BCUT2D eigenvalue weighted by atomic mass is 10.3. The lowest BCUT2D eigenvalue weighted by Gasteiger charge is -2.14. The molecule has 0 aliphatic carbocycles. The fourth-order valence-electron chi connectivity index (χ4n) is 1.09. The second-order valence-corrected chi connectivity index (χ2v) is 4.33. The molecule has 15 heavy (non-hydrogen) atoms. The molecule has 0 aliphatic rings. The number of likely N-dealkylation sites (N-methyl/N-ethyl adjacent to an activating group) is 1. The van der Waals surface area contributed by atoms with E-state index in [1.165, 1.54) is 11.3 Å². The topological polar surface area (TPSA) is 65.5 Å². The summed E-state index contributed by atoms with van der Waals surface area (Å²) in [6.07, 6.45) is 1.61. The molecule has 5 nitrogen and oxygen atoms in total. The summed E-state index contributed by atoms with van der Waals surface area (Å²) in [6, 6.07) is -0.690. The highest BCUT2D eigenvalue weighted by Crippen LogP contribution is 2.15. The Morgan fingerprint density at radius 2 is 2.47 bits per heavy atom. The third-order valence-electron chi connectivity index (χ3n) is 1.85. The molecule has 1 heterocycles. The van der Waals surface area contributed by atoms with Gasteiger partial charge in [0.05, 0.1) is 0 Å². The summed E-state index contributed by atoms with van der Waals surface area (Å²) < 4.78 is 0. The molecule has 0 bridgehead atoms. The zero-order valence-electron chi connectivity index (χ0n) is 8.80. The van der Waals surface area contributed by atoms with Crippen molar-refractivity contribution in [1.82, 2.24) is 15.2 Å². The zero-order valence-corrected chi connectivity index (χ0v) is 9.62. The van der Waals surface area contributed by atoms with Crippen LogP contribution in [-0.4, -0.2) is 48.1 Å². The van der Waals surface area contributed by atoms with Crippen LogP contribution in [0.5, 0.6) is 0 Å². The number of hydrogen-bond donors (Lipinski definition) is 2. The molecule has 0 fully saturated rings. The average Bonchev–Trinajstić information content (AvgIpc) is 2.63. The number of carbonyl (C=O) groups is 1. The van der Waals surface area contributed by atoms with Gasteiger partial charge in [-0.05, 0) is 14.1 Å². The highest BCUT2D eigenvalue weighted by Gasteiger charge is 2.21. The van der Waals surface area contributed by atoms with Crippen LogP contribution in [-0.2, 0) is 4.79 Å². The predicted octanol–water partition coefficient (Wildman–Crippen LogP) is 0.420. The van der Waals surface area contributed by atoms with Gasteiger partial charge < -0.3 is 10.0 Å². The molecule has 84 valence electrons. The Kier molecular flexibility index (Phi) is 4.67. The summed E-state index contributed by atoms with van der Waals surface area (Å²) >= 11 is 1.35. The van der Waals surface area contributed by atoms with E-state index in [1.54, 1.807) is 11.6 Å². The third kappa shape index (κ3) is 3.94. The fraction of sp³-hybridized carbons (Fsp3) is 0.556. The van der Waals surface area contributed by atoms with Gasteiger partial charge in [0, 0.05) is 24.7 Å². The summed E-state index contributed by atoms with van der Waals surface area (Å²) in [6.45, 7) is 1.43. The monoisotopic (exact) mass is 229 g/mol. The third-order valence-corrected chi connectivity index (χ3v) is 2.69. The van der Waals surface area contributed by atoms with E-state index in [1.807, 2.05) is 19.0 Å². The van der Waals surface area contributed by atoms with Crippen LogP contribution in [0.3, 0.4) is 0 Å². The smallest absolute Gasteiger partial charge is 0.327 e. The van der Waals surface area contributed by atoms with Crippen molar-refractivity contribution in [1.29, 1.82) is 0 Å². The summed E-state index contributed by atoms with van der Waals surface area (Å²) in [4.78, 5) is 17.0. The number of nitrogens with one attached hydrogen (secondary N) is 1. The number of hydrogen-bond acceptors (Lipinski definition) is 5. The number of thiazole rings is 1. The number of carboxylic acid groups (broad SMARTS) is 1. The number of aromatic nitrogens is 1. The molecule has 0 aliphatic heterocycles. The molecule has 0 amide bonds. The van der Waals surface area contributed by atoms with Gasteiger partial charge in [0.25, 0.3) is 0 Å². The van der Waals surface area contributed by atoms with E-state index in [2.05, 4.69) is 10.3 Å². The van der Waals surface area contributed by atoms with Crippen molar-refractivity contribution in [3.63, 3.8) is 0 Å². The van der Waals surface area contributed by atoms with Crippen molar-refractivity contribution in [2.24, 2.45) is 0 Å². The predicted molar refractivity (Wildman–Crippen MR) is 59.0 cm³/mol. The molecule has 0 aromatic carbocycles. The lowest BCUT2D eigenvalue weighted by Crippen LogP contribution is -2.33. The van der Waals surface area contributed by atoms with Crippen LogP contribution in [0.2, 0.25) is 0 Å². The molecule has 0 spiro atoms. The molecular weight excluding hydrogens is 214 g/mol. The number of rotatable bonds is 6. The Hall–Kier alpha value is -0.980. The highest BCUT2D eigenvalue weighted by molar-refractivity contribution is 7.09. The lowest BCUT2D eigenvalue weighted by molar-refractivity contribution is -0.139. The van der Waals surface area contributed by atoms with Crippen molar-refractivity contribution in [3.8, 4) is 0 Å². The summed E-state index contributed by atoms with van der Waals surface area (Å²) in [5.74, 6) is -0.885. The van der Waals surface area contributed by atoms with Gasteiger partial charge in [-0.15, -0.1) is 11.3 Å². The standard InChI is InChI=1S/C9H15N3O2S/c1-12(2)5-3-10-7(9(13)14)8-11-4-6-15-8/h4,6-7,10H,3,5H2,1-2H3,(H,13,14). The number of nitrogens with zero attached hydrogens (tertiary/aromatic N) is 2. The molecule has 1 rings (SSSR count). The Morgan fingerprint density at radius 3 is 2.93 bits per heavy atom. The number of carboxylic acids is 1. The first-order chi connectivity index (χ1) is 7.11. The molecule has 0 radical (unpaired) electrons. The maximum Gasteiger partial charge on any atom is 0.327 e. The van der Waals surface area contributed by atoms with Crippen LogP contribution < -0.4 is 5.32 Å². The fourth-order valence-corrected chi connectivity index (χ4v) is 1.79. The van der Waals surface area contributed by atoms with Gasteiger partial charge in [-0.25, -0.2) is 4.98 Å². The van der Waals surface area contributed by atoms with Gasteiger partial charge in [0.1, 0.15) is 5.01 Å². The van der Waals surface area contributed by atoms with E-state index in [-0.39, 0.29) is 0 Å². The minimum absolute atomic E-state index is 0.598. The summed E-state index contributed by atoms with van der Waals surface area (Å²) in [5.41, 5.74) is 0. The largest absolute Gasteiger partial charge is 0.480 e. The first-order valence-electron chi connectivity index (χ1n) is 4.61. The van der Waals surface area contributed by atoms with Crippen molar-refractivity contribution in [2.75, 3.05) is 27.2 Å². The van der Waals surface area contributed by atoms with Crippen LogP contribution in [0.25, 0.3) is 0 Å². The van der Waals surface area contributed by atoms with E-state index in [9.17, 15) is 4.79 Å². The molecule has 1 unspecified atom stereocenters. The molecule has 1 aromatic rings. The van der Waals surface area contributed by atoms with Gasteiger partial charge in [-0.3, -0.25) is 10.1 Å². The van der Waals surface area contributed by atoms with Crippen molar-refractivity contribution in [2.45, 2.75) is 6.04 Å². The molecule has 2 N–H and O–H groups in total. The molecule has 6 heteroatoms.